The van der Waals surface area contributed by atoms with Gasteiger partial charge in [0.2, 0.25) is 11.1 Å². The van der Waals surface area contributed by atoms with Crippen LogP contribution >= 0.6 is 23.4 Å². The number of nitrogens with zero attached hydrogens (tertiary/aromatic N) is 5. The number of likely N-dealkylation sites (tertiary alicyclic amines) is 1. The van der Waals surface area contributed by atoms with Crippen LogP contribution in [-0.4, -0.2) is 56.3 Å². The van der Waals surface area contributed by atoms with E-state index in [1.807, 2.05) is 38.3 Å². The van der Waals surface area contributed by atoms with Gasteiger partial charge in [-0.25, -0.2) is 9.50 Å². The smallest absolute Gasteiger partial charge is 0.253 e. The second-order valence-electron chi connectivity index (χ2n) is 8.16. The minimum absolute atomic E-state index is 0.0311. The van der Waals surface area contributed by atoms with Gasteiger partial charge in [0.15, 0.2) is 0 Å². The van der Waals surface area contributed by atoms with Crippen LogP contribution in [0.3, 0.4) is 0 Å². The molecule has 2 aromatic heterocycles. The highest BCUT2D eigenvalue weighted by atomic mass is 35.5. The average Bonchev–Trinajstić information content (AvgIpc) is 3.45. The van der Waals surface area contributed by atoms with Crippen molar-refractivity contribution in [3.8, 4) is 0 Å². The maximum Gasteiger partial charge on any atom is 0.253 e. The van der Waals surface area contributed by atoms with Gasteiger partial charge in [-0.3, -0.25) is 9.69 Å². The third-order valence-corrected chi connectivity index (χ3v) is 7.03. The van der Waals surface area contributed by atoms with Crippen molar-refractivity contribution in [2.75, 3.05) is 25.9 Å². The Bertz CT molecular complexity index is 1110. The van der Waals surface area contributed by atoms with Crippen LogP contribution in [0.15, 0.2) is 29.4 Å². The van der Waals surface area contributed by atoms with E-state index in [1.165, 1.54) is 24.6 Å². The third-order valence-electron chi connectivity index (χ3n) is 6.15. The van der Waals surface area contributed by atoms with Gasteiger partial charge in [-0.1, -0.05) is 41.6 Å². The van der Waals surface area contributed by atoms with E-state index in [4.69, 9.17) is 11.6 Å². The highest BCUT2D eigenvalue weighted by Crippen LogP contribution is 2.29. The van der Waals surface area contributed by atoms with Gasteiger partial charge in [0.05, 0.1) is 6.04 Å². The summed E-state index contributed by atoms with van der Waals surface area (Å²) in [5.41, 5.74) is 4.01. The van der Waals surface area contributed by atoms with Crippen LogP contribution in [0, 0.1) is 13.8 Å². The zero-order valence-corrected chi connectivity index (χ0v) is 20.3. The highest BCUT2D eigenvalue weighted by molar-refractivity contribution is 7.98. The van der Waals surface area contributed by atoms with E-state index in [2.05, 4.69) is 31.3 Å². The maximum atomic E-state index is 12.8. The summed E-state index contributed by atoms with van der Waals surface area (Å²) in [4.78, 5) is 24.2. The number of rotatable bonds is 8. The van der Waals surface area contributed by atoms with Gasteiger partial charge in [0.25, 0.3) is 5.78 Å². The molecule has 0 radical (unpaired) electrons. The quantitative estimate of drug-likeness (QED) is 0.499. The molecule has 32 heavy (non-hydrogen) atoms. The lowest BCUT2D eigenvalue weighted by Crippen LogP contribution is -2.37. The number of halogens is 1. The molecular formula is C23H29ClN6OS. The molecule has 1 saturated heterocycles. The van der Waals surface area contributed by atoms with Crippen molar-refractivity contribution in [3.63, 3.8) is 0 Å². The first-order valence-corrected chi connectivity index (χ1v) is 12.6. The van der Waals surface area contributed by atoms with Gasteiger partial charge in [0.1, 0.15) is 0 Å². The molecule has 0 bridgehead atoms. The van der Waals surface area contributed by atoms with E-state index in [1.54, 1.807) is 4.52 Å². The Morgan fingerprint density at radius 3 is 2.69 bits per heavy atom. The molecular weight excluding hydrogens is 444 g/mol. The highest BCUT2D eigenvalue weighted by Gasteiger charge is 2.25. The number of thioether (sulfide) groups is 1. The summed E-state index contributed by atoms with van der Waals surface area (Å²) in [5.74, 6) is 0.634. The number of nitrogens with one attached hydrogen (secondary N) is 1. The summed E-state index contributed by atoms with van der Waals surface area (Å²) in [6.07, 6.45) is 5.32. The first-order valence-electron chi connectivity index (χ1n) is 11.0. The first kappa shape index (κ1) is 23.0. The molecule has 1 aromatic carbocycles. The molecule has 0 spiro atoms. The fourth-order valence-corrected chi connectivity index (χ4v) is 5.01. The normalized spacial score (nSPS) is 15.4. The molecule has 9 heteroatoms. The van der Waals surface area contributed by atoms with Gasteiger partial charge in [0, 0.05) is 29.4 Å². The lowest BCUT2D eigenvalue weighted by Gasteiger charge is -2.29. The lowest BCUT2D eigenvalue weighted by atomic mass is 10.0. The van der Waals surface area contributed by atoms with Crippen LogP contribution in [0.5, 0.6) is 0 Å². The number of carbonyl (C=O) groups excluding carboxylic acids is 1. The molecule has 0 unspecified atom stereocenters. The fourth-order valence-electron chi connectivity index (χ4n) is 4.41. The van der Waals surface area contributed by atoms with Crippen molar-refractivity contribution >= 4 is 35.0 Å². The summed E-state index contributed by atoms with van der Waals surface area (Å²) in [7, 11) is 0. The number of amides is 1. The zero-order chi connectivity index (χ0) is 22.7. The Labute approximate surface area is 198 Å². The van der Waals surface area contributed by atoms with Gasteiger partial charge < -0.3 is 5.32 Å². The van der Waals surface area contributed by atoms with Crippen molar-refractivity contribution in [1.82, 2.24) is 29.8 Å². The summed E-state index contributed by atoms with van der Waals surface area (Å²) >= 11 is 7.98. The zero-order valence-electron chi connectivity index (χ0n) is 18.8. The van der Waals surface area contributed by atoms with Crippen LogP contribution in [-0.2, 0) is 11.2 Å². The third kappa shape index (κ3) is 4.92. The number of fused-ring (bicyclic) bond motifs is 1. The van der Waals surface area contributed by atoms with Gasteiger partial charge >= 0.3 is 0 Å². The minimum atomic E-state index is 0.0311. The van der Waals surface area contributed by atoms with Crippen LogP contribution in [0.25, 0.3) is 5.78 Å². The van der Waals surface area contributed by atoms with Crippen molar-refractivity contribution in [1.29, 1.82) is 0 Å². The Balaban J connectivity index is 1.42. The molecule has 1 amide bonds. The first-order chi connectivity index (χ1) is 15.5. The Morgan fingerprint density at radius 1 is 1.22 bits per heavy atom. The van der Waals surface area contributed by atoms with E-state index < -0.39 is 0 Å². The number of aryl methyl sites for hydroxylation is 2. The van der Waals surface area contributed by atoms with E-state index in [0.717, 1.165) is 40.6 Å². The topological polar surface area (TPSA) is 75.4 Å². The molecule has 4 rings (SSSR count). The average molecular weight is 473 g/mol. The number of aromatic nitrogens is 4. The summed E-state index contributed by atoms with van der Waals surface area (Å²) in [6.45, 7) is 6.60. The van der Waals surface area contributed by atoms with Crippen LogP contribution < -0.4 is 5.32 Å². The van der Waals surface area contributed by atoms with Crippen molar-refractivity contribution in [2.45, 2.75) is 50.7 Å². The maximum absolute atomic E-state index is 12.8. The molecule has 0 aliphatic carbocycles. The number of carbonyl (C=O) groups is 1. The molecule has 1 atom stereocenters. The van der Waals surface area contributed by atoms with Crippen molar-refractivity contribution in [2.24, 2.45) is 0 Å². The number of hydrogen-bond acceptors (Lipinski definition) is 6. The molecule has 1 N–H and O–H groups in total. The van der Waals surface area contributed by atoms with E-state index in [-0.39, 0.29) is 11.9 Å². The van der Waals surface area contributed by atoms with Crippen LogP contribution in [0.2, 0.25) is 5.02 Å². The predicted molar refractivity (Wildman–Crippen MR) is 128 cm³/mol. The summed E-state index contributed by atoms with van der Waals surface area (Å²) in [6, 6.07) is 8.03. The fraction of sp³-hybridized carbons (Fsp3) is 0.478. The Morgan fingerprint density at radius 2 is 1.97 bits per heavy atom. The molecule has 1 fully saturated rings. The molecule has 0 saturated carbocycles. The predicted octanol–water partition coefficient (Wildman–Crippen LogP) is 4.00. The second kappa shape index (κ2) is 10.2. The lowest BCUT2D eigenvalue weighted by molar-refractivity contribution is -0.121. The van der Waals surface area contributed by atoms with Crippen molar-refractivity contribution in [3.05, 3.63) is 51.8 Å². The Kier molecular flexibility index (Phi) is 7.33. The SMILES string of the molecule is CSc1nc2nc(C)c(CCC(=O)NC[C@@H](c3ccccc3Cl)N3CCCC3)c(C)n2n1. The summed E-state index contributed by atoms with van der Waals surface area (Å²) in [5, 5.41) is 9.09. The van der Waals surface area contributed by atoms with Crippen LogP contribution in [0.1, 0.15) is 47.8 Å². The van der Waals surface area contributed by atoms with Crippen molar-refractivity contribution < 1.29 is 4.79 Å². The van der Waals surface area contributed by atoms with Gasteiger partial charge in [-0.15, -0.1) is 5.10 Å². The largest absolute Gasteiger partial charge is 0.354 e. The molecule has 7 nitrogen and oxygen atoms in total. The van der Waals surface area contributed by atoms with Gasteiger partial charge in [-0.05, 0) is 69.6 Å². The molecule has 170 valence electrons. The number of hydrogen-bond donors (Lipinski definition) is 1. The number of benzene rings is 1. The molecule has 3 heterocycles. The van der Waals surface area contributed by atoms with Gasteiger partial charge in [-0.2, -0.15) is 4.98 Å². The summed E-state index contributed by atoms with van der Waals surface area (Å²) < 4.78 is 1.77. The van der Waals surface area contributed by atoms with Crippen LogP contribution in [0.4, 0.5) is 0 Å². The minimum Gasteiger partial charge on any atom is -0.354 e. The van der Waals surface area contributed by atoms with E-state index >= 15 is 0 Å². The Hall–Kier alpha value is -2.16. The molecule has 3 aromatic rings. The molecule has 1 aliphatic rings. The van der Waals surface area contributed by atoms with E-state index in [0.29, 0.717) is 30.3 Å². The second-order valence-corrected chi connectivity index (χ2v) is 9.34. The standard InChI is InChI=1S/C23H29ClN6OS/c1-15-17(16(2)30-22(26-15)27-23(28-30)32-3)10-11-21(31)25-14-20(29-12-6-7-13-29)18-8-4-5-9-19(18)24/h4-5,8-9,20H,6-7,10-14H2,1-3H3,(H,25,31)/t20-/m0/s1. The van der Waals surface area contributed by atoms with E-state index in [9.17, 15) is 4.79 Å². The monoisotopic (exact) mass is 472 g/mol. The molecule has 1 aliphatic heterocycles.